The van der Waals surface area contributed by atoms with Crippen molar-refractivity contribution in [3.63, 3.8) is 0 Å². The number of rotatable bonds is 8. The van der Waals surface area contributed by atoms with Gasteiger partial charge in [0.15, 0.2) is 0 Å². The van der Waals surface area contributed by atoms with Crippen LogP contribution in [-0.4, -0.2) is 47.8 Å². The molecule has 2 fully saturated rings. The first-order chi connectivity index (χ1) is 8.92. The van der Waals surface area contributed by atoms with Crippen molar-refractivity contribution >= 4 is 0 Å². The molecule has 0 spiro atoms. The molecule has 3 heteroatoms. The van der Waals surface area contributed by atoms with Crippen molar-refractivity contribution in [1.29, 1.82) is 0 Å². The molecule has 0 aromatic rings. The third-order valence-corrected chi connectivity index (χ3v) is 4.62. The summed E-state index contributed by atoms with van der Waals surface area (Å²) >= 11 is 0. The van der Waals surface area contributed by atoms with Gasteiger partial charge in [0.05, 0.1) is 5.60 Å². The van der Waals surface area contributed by atoms with E-state index in [1.54, 1.807) is 0 Å². The molecular formula is C16H32N2O. The molecule has 0 unspecified atom stereocenters. The van der Waals surface area contributed by atoms with Crippen molar-refractivity contribution in [3.05, 3.63) is 0 Å². The minimum absolute atomic E-state index is 0.462. The second kappa shape index (κ2) is 6.11. The third kappa shape index (κ3) is 5.05. The van der Waals surface area contributed by atoms with Crippen molar-refractivity contribution < 1.29 is 5.11 Å². The maximum Gasteiger partial charge on any atom is 0.0718 e. The fourth-order valence-electron chi connectivity index (χ4n) is 3.47. The van der Waals surface area contributed by atoms with Crippen molar-refractivity contribution in [2.75, 3.05) is 26.2 Å². The van der Waals surface area contributed by atoms with Crippen LogP contribution in [0.15, 0.2) is 0 Å². The quantitative estimate of drug-likeness (QED) is 0.709. The first kappa shape index (κ1) is 15.3. The van der Waals surface area contributed by atoms with Crippen LogP contribution < -0.4 is 5.32 Å². The van der Waals surface area contributed by atoms with Crippen LogP contribution in [0.4, 0.5) is 0 Å². The molecule has 2 rings (SSSR count). The summed E-state index contributed by atoms with van der Waals surface area (Å²) in [7, 11) is 0. The summed E-state index contributed by atoms with van der Waals surface area (Å²) in [6, 6.07) is 0.807. The summed E-state index contributed by atoms with van der Waals surface area (Å²) in [5.74, 6) is 0. The average Bonchev–Trinajstić information content (AvgIpc) is 3.05. The number of hydrogen-bond donors (Lipinski definition) is 2. The van der Waals surface area contributed by atoms with E-state index < -0.39 is 5.60 Å². The van der Waals surface area contributed by atoms with E-state index in [4.69, 9.17) is 0 Å². The lowest BCUT2D eigenvalue weighted by Gasteiger charge is -2.37. The molecule has 0 atom stereocenters. The van der Waals surface area contributed by atoms with E-state index in [1.165, 1.54) is 45.1 Å². The highest BCUT2D eigenvalue weighted by Gasteiger charge is 2.37. The van der Waals surface area contributed by atoms with Gasteiger partial charge in [-0.15, -0.1) is 0 Å². The summed E-state index contributed by atoms with van der Waals surface area (Å²) in [5.41, 5.74) is -0.121. The summed E-state index contributed by atoms with van der Waals surface area (Å²) in [6.45, 7) is 10.2. The van der Waals surface area contributed by atoms with Crippen LogP contribution in [0.5, 0.6) is 0 Å². The number of aliphatic hydroxyl groups is 1. The largest absolute Gasteiger partial charge is 0.389 e. The van der Waals surface area contributed by atoms with Gasteiger partial charge >= 0.3 is 0 Å². The summed E-state index contributed by atoms with van der Waals surface area (Å²) < 4.78 is 0. The Morgan fingerprint density at radius 3 is 2.37 bits per heavy atom. The Morgan fingerprint density at radius 2 is 1.89 bits per heavy atom. The van der Waals surface area contributed by atoms with Crippen LogP contribution in [0.25, 0.3) is 0 Å². The van der Waals surface area contributed by atoms with Crippen LogP contribution in [-0.2, 0) is 0 Å². The first-order valence-electron chi connectivity index (χ1n) is 8.11. The van der Waals surface area contributed by atoms with E-state index in [0.717, 1.165) is 25.7 Å². The number of nitrogens with one attached hydrogen (secondary N) is 1. The smallest absolute Gasteiger partial charge is 0.0718 e. The predicted octanol–water partition coefficient (Wildman–Crippen LogP) is 2.39. The van der Waals surface area contributed by atoms with E-state index in [2.05, 4.69) is 17.1 Å². The fourth-order valence-corrected chi connectivity index (χ4v) is 3.47. The number of hydrogen-bond acceptors (Lipinski definition) is 3. The zero-order valence-corrected chi connectivity index (χ0v) is 13.0. The highest BCUT2D eigenvalue weighted by atomic mass is 16.3. The van der Waals surface area contributed by atoms with Crippen LogP contribution in [0.2, 0.25) is 0 Å². The lowest BCUT2D eigenvalue weighted by Crippen LogP contribution is -2.47. The standard InChI is InChI=1S/C16H32N2O/c1-4-18(12-15(2,3)19)13-16(9-5-6-10-16)11-17-14-7-8-14/h14,17,19H,4-13H2,1-3H3. The average molecular weight is 268 g/mol. The number of likely N-dealkylation sites (N-methyl/N-ethyl adjacent to an activating group) is 1. The van der Waals surface area contributed by atoms with Gasteiger partial charge in [0.25, 0.3) is 0 Å². The Bertz CT molecular complexity index is 275. The number of nitrogens with zero attached hydrogens (tertiary/aromatic N) is 1. The summed E-state index contributed by atoms with van der Waals surface area (Å²) in [4.78, 5) is 2.44. The van der Waals surface area contributed by atoms with Gasteiger partial charge in [-0.25, -0.2) is 0 Å². The van der Waals surface area contributed by atoms with Crippen molar-refractivity contribution in [2.45, 2.75) is 70.9 Å². The van der Waals surface area contributed by atoms with Gasteiger partial charge in [0, 0.05) is 25.7 Å². The highest BCUT2D eigenvalue weighted by Crippen LogP contribution is 2.39. The Labute approximate surface area is 118 Å². The van der Waals surface area contributed by atoms with Gasteiger partial charge < -0.3 is 15.3 Å². The molecule has 0 amide bonds. The van der Waals surface area contributed by atoms with Crippen LogP contribution in [0.1, 0.15) is 59.3 Å². The second-order valence-corrected chi connectivity index (χ2v) is 7.48. The van der Waals surface area contributed by atoms with Gasteiger partial charge in [-0.2, -0.15) is 0 Å². The maximum atomic E-state index is 10.0. The molecule has 112 valence electrons. The van der Waals surface area contributed by atoms with Crippen molar-refractivity contribution in [3.8, 4) is 0 Å². The van der Waals surface area contributed by atoms with Crippen molar-refractivity contribution in [1.82, 2.24) is 10.2 Å². The predicted molar refractivity (Wildman–Crippen MR) is 80.3 cm³/mol. The second-order valence-electron chi connectivity index (χ2n) is 7.48. The highest BCUT2D eigenvalue weighted by molar-refractivity contribution is 4.93. The molecule has 0 bridgehead atoms. The Morgan fingerprint density at radius 1 is 1.26 bits per heavy atom. The van der Waals surface area contributed by atoms with Crippen LogP contribution >= 0.6 is 0 Å². The Balaban J connectivity index is 1.89. The van der Waals surface area contributed by atoms with Gasteiger partial charge in [0.2, 0.25) is 0 Å². The minimum atomic E-state index is -0.584. The molecule has 0 aromatic carbocycles. The molecule has 0 radical (unpaired) electrons. The van der Waals surface area contributed by atoms with E-state index in [1.807, 2.05) is 13.8 Å². The monoisotopic (exact) mass is 268 g/mol. The zero-order chi connectivity index (χ0) is 13.9. The van der Waals surface area contributed by atoms with Crippen LogP contribution in [0.3, 0.4) is 0 Å². The fraction of sp³-hybridized carbons (Fsp3) is 1.00. The molecule has 0 saturated heterocycles. The molecule has 0 aromatic heterocycles. The molecule has 0 aliphatic heterocycles. The lowest BCUT2D eigenvalue weighted by atomic mass is 9.85. The minimum Gasteiger partial charge on any atom is -0.389 e. The zero-order valence-electron chi connectivity index (χ0n) is 13.0. The first-order valence-corrected chi connectivity index (χ1v) is 8.11. The summed E-state index contributed by atoms with van der Waals surface area (Å²) in [5, 5.41) is 13.8. The van der Waals surface area contributed by atoms with Gasteiger partial charge in [-0.3, -0.25) is 0 Å². The molecule has 2 aliphatic rings. The Hall–Kier alpha value is -0.120. The summed E-state index contributed by atoms with van der Waals surface area (Å²) in [6.07, 6.45) is 8.22. The molecule has 2 aliphatic carbocycles. The molecule has 19 heavy (non-hydrogen) atoms. The SMILES string of the molecule is CCN(CC(C)(C)O)CC1(CNC2CC2)CCCC1. The lowest BCUT2D eigenvalue weighted by molar-refractivity contribution is 0.0221. The van der Waals surface area contributed by atoms with E-state index in [9.17, 15) is 5.11 Å². The van der Waals surface area contributed by atoms with Crippen molar-refractivity contribution in [2.24, 2.45) is 5.41 Å². The topological polar surface area (TPSA) is 35.5 Å². The molecule has 2 N–H and O–H groups in total. The van der Waals surface area contributed by atoms with Gasteiger partial charge in [-0.1, -0.05) is 19.8 Å². The van der Waals surface area contributed by atoms with E-state index in [0.29, 0.717) is 5.41 Å². The van der Waals surface area contributed by atoms with Gasteiger partial charge in [0.1, 0.15) is 0 Å². The normalized spacial score (nSPS) is 23.2. The molecule has 3 nitrogen and oxygen atoms in total. The maximum absolute atomic E-state index is 10.0. The van der Waals surface area contributed by atoms with Gasteiger partial charge in [-0.05, 0) is 51.5 Å². The third-order valence-electron chi connectivity index (χ3n) is 4.62. The van der Waals surface area contributed by atoms with E-state index in [-0.39, 0.29) is 0 Å². The molecular weight excluding hydrogens is 236 g/mol. The molecule has 2 saturated carbocycles. The Kier molecular flexibility index (Phi) is 4.91. The molecule has 0 heterocycles. The van der Waals surface area contributed by atoms with E-state index >= 15 is 0 Å². The van der Waals surface area contributed by atoms with Crippen LogP contribution in [0, 0.1) is 5.41 Å².